The monoisotopic (exact) mass is 347 g/mol. The number of benzene rings is 2. The van der Waals surface area contributed by atoms with Crippen LogP contribution in [0.3, 0.4) is 0 Å². The van der Waals surface area contributed by atoms with Crippen molar-refractivity contribution in [1.82, 2.24) is 0 Å². The first-order valence-electron chi connectivity index (χ1n) is 6.81. The average Bonchev–Trinajstić information content (AvgIpc) is 2.48. The Bertz CT molecular complexity index is 594. The second-order valence-electron chi connectivity index (χ2n) is 5.22. The fourth-order valence-corrected chi connectivity index (χ4v) is 2.20. The van der Waals surface area contributed by atoms with Crippen molar-refractivity contribution in [3.63, 3.8) is 0 Å². The number of carbonyl (C=O) groups is 1. The number of carbonyl (C=O) groups excluding carboxylic acids is 1. The Balaban J connectivity index is 1.94. The molecular weight excluding hydrogens is 330 g/mol. The van der Waals surface area contributed by atoms with Gasteiger partial charge in [0.25, 0.3) is 5.91 Å². The molecule has 0 heterocycles. The molecule has 4 heteroatoms. The Kier molecular flexibility index (Phi) is 5.15. The lowest BCUT2D eigenvalue weighted by Gasteiger charge is -2.22. The van der Waals surface area contributed by atoms with Crippen LogP contribution in [0.25, 0.3) is 0 Å². The summed E-state index contributed by atoms with van der Waals surface area (Å²) in [5.74, 6) is -0.384. The molecule has 0 aromatic heterocycles. The first kappa shape index (κ1) is 15.7. The van der Waals surface area contributed by atoms with Crippen LogP contribution >= 0.6 is 15.9 Å². The van der Waals surface area contributed by atoms with E-state index in [4.69, 9.17) is 0 Å². The number of anilines is 1. The van der Waals surface area contributed by atoms with E-state index in [1.807, 2.05) is 42.5 Å². The van der Waals surface area contributed by atoms with Gasteiger partial charge < -0.3 is 10.4 Å². The van der Waals surface area contributed by atoms with Crippen molar-refractivity contribution in [2.24, 2.45) is 0 Å². The number of halogens is 1. The van der Waals surface area contributed by atoms with Gasteiger partial charge in [0.2, 0.25) is 0 Å². The summed E-state index contributed by atoms with van der Waals surface area (Å²) in [4.78, 5) is 12.1. The number of para-hydroxylation sites is 1. The Morgan fingerprint density at radius 1 is 1.14 bits per heavy atom. The summed E-state index contributed by atoms with van der Waals surface area (Å²) in [6, 6.07) is 17.0. The van der Waals surface area contributed by atoms with Gasteiger partial charge in [-0.05, 0) is 49.6 Å². The third-order valence-electron chi connectivity index (χ3n) is 3.33. The van der Waals surface area contributed by atoms with E-state index in [-0.39, 0.29) is 5.91 Å². The zero-order chi connectivity index (χ0) is 15.3. The molecule has 0 aliphatic rings. The van der Waals surface area contributed by atoms with Crippen molar-refractivity contribution in [2.75, 3.05) is 5.32 Å². The highest BCUT2D eigenvalue weighted by molar-refractivity contribution is 9.10. The molecular formula is C17H18BrNO2. The van der Waals surface area contributed by atoms with E-state index in [9.17, 15) is 9.90 Å². The predicted molar refractivity (Wildman–Crippen MR) is 88.2 cm³/mol. The highest BCUT2D eigenvalue weighted by atomic mass is 79.9. The van der Waals surface area contributed by atoms with E-state index in [0.717, 1.165) is 10.0 Å². The molecule has 1 atom stereocenters. The summed E-state index contributed by atoms with van der Waals surface area (Å²) < 4.78 is 1.01. The highest BCUT2D eigenvalue weighted by Crippen LogP contribution is 2.18. The van der Waals surface area contributed by atoms with E-state index in [0.29, 0.717) is 18.5 Å². The second kappa shape index (κ2) is 6.87. The number of amides is 1. The van der Waals surface area contributed by atoms with Crippen LogP contribution in [0.15, 0.2) is 59.1 Å². The topological polar surface area (TPSA) is 49.3 Å². The fourth-order valence-electron chi connectivity index (χ4n) is 1.94. The van der Waals surface area contributed by atoms with Crippen LogP contribution in [0.4, 0.5) is 5.69 Å². The van der Waals surface area contributed by atoms with E-state index in [1.165, 1.54) is 0 Å². The molecule has 0 radical (unpaired) electrons. The maximum atomic E-state index is 12.1. The zero-order valence-electron chi connectivity index (χ0n) is 11.8. The van der Waals surface area contributed by atoms with E-state index >= 15 is 0 Å². The van der Waals surface area contributed by atoms with Gasteiger partial charge in [0.1, 0.15) is 5.60 Å². The lowest BCUT2D eigenvalue weighted by atomic mass is 9.96. The number of nitrogens with one attached hydrogen (secondary N) is 1. The highest BCUT2D eigenvalue weighted by Gasteiger charge is 2.29. The summed E-state index contributed by atoms with van der Waals surface area (Å²) in [7, 11) is 0. The summed E-state index contributed by atoms with van der Waals surface area (Å²) in [6.45, 7) is 1.55. The standard InChI is InChI=1S/C17H18BrNO2/c1-17(21,12-11-13-7-9-14(18)10-8-13)16(20)19-15-5-3-2-4-6-15/h2-10,21H,11-12H2,1H3,(H,19,20)/t17-/m0/s1. The molecule has 2 aromatic rings. The maximum absolute atomic E-state index is 12.1. The molecule has 0 aliphatic carbocycles. The quantitative estimate of drug-likeness (QED) is 0.864. The first-order valence-corrected chi connectivity index (χ1v) is 7.60. The number of aryl methyl sites for hydroxylation is 1. The number of hydrogen-bond donors (Lipinski definition) is 2. The van der Waals surface area contributed by atoms with Crippen molar-refractivity contribution >= 4 is 27.5 Å². The van der Waals surface area contributed by atoms with Crippen LogP contribution in [-0.4, -0.2) is 16.6 Å². The third-order valence-corrected chi connectivity index (χ3v) is 3.86. The average molecular weight is 348 g/mol. The van der Waals surface area contributed by atoms with Crippen LogP contribution in [-0.2, 0) is 11.2 Å². The smallest absolute Gasteiger partial charge is 0.256 e. The van der Waals surface area contributed by atoms with Gasteiger partial charge in [0.05, 0.1) is 0 Å². The molecule has 0 fully saturated rings. The van der Waals surface area contributed by atoms with Gasteiger partial charge in [-0.25, -0.2) is 0 Å². The lowest BCUT2D eigenvalue weighted by molar-refractivity contribution is -0.132. The Hall–Kier alpha value is -1.65. The third kappa shape index (κ3) is 4.69. The van der Waals surface area contributed by atoms with Gasteiger partial charge in [0.15, 0.2) is 0 Å². The molecule has 0 aliphatic heterocycles. The number of aliphatic hydroxyl groups is 1. The van der Waals surface area contributed by atoms with E-state index in [2.05, 4.69) is 21.2 Å². The Morgan fingerprint density at radius 2 is 1.76 bits per heavy atom. The molecule has 0 saturated heterocycles. The molecule has 3 nitrogen and oxygen atoms in total. The second-order valence-corrected chi connectivity index (χ2v) is 6.14. The largest absolute Gasteiger partial charge is 0.380 e. The van der Waals surface area contributed by atoms with Gasteiger partial charge in [0, 0.05) is 10.2 Å². The lowest BCUT2D eigenvalue weighted by Crippen LogP contribution is -2.40. The molecule has 0 bridgehead atoms. The van der Waals surface area contributed by atoms with Crippen LogP contribution in [0.5, 0.6) is 0 Å². The molecule has 1 amide bonds. The maximum Gasteiger partial charge on any atom is 0.256 e. The van der Waals surface area contributed by atoms with Crippen molar-refractivity contribution in [3.8, 4) is 0 Å². The van der Waals surface area contributed by atoms with Crippen molar-refractivity contribution in [1.29, 1.82) is 0 Å². The normalized spacial score (nSPS) is 13.5. The molecule has 110 valence electrons. The predicted octanol–water partition coefficient (Wildman–Crippen LogP) is 3.77. The first-order chi connectivity index (χ1) is 9.97. The van der Waals surface area contributed by atoms with Crippen molar-refractivity contribution in [2.45, 2.75) is 25.4 Å². The molecule has 21 heavy (non-hydrogen) atoms. The fraction of sp³-hybridized carbons (Fsp3) is 0.235. The summed E-state index contributed by atoms with van der Waals surface area (Å²) >= 11 is 3.38. The van der Waals surface area contributed by atoms with Gasteiger partial charge in [-0.2, -0.15) is 0 Å². The van der Waals surface area contributed by atoms with Crippen LogP contribution in [0.2, 0.25) is 0 Å². The summed E-state index contributed by atoms with van der Waals surface area (Å²) in [6.07, 6.45) is 1.01. The van der Waals surface area contributed by atoms with Crippen molar-refractivity contribution in [3.05, 3.63) is 64.6 Å². The van der Waals surface area contributed by atoms with Gasteiger partial charge in [-0.3, -0.25) is 4.79 Å². The minimum Gasteiger partial charge on any atom is -0.380 e. The Morgan fingerprint density at radius 3 is 2.38 bits per heavy atom. The van der Waals surface area contributed by atoms with E-state index in [1.54, 1.807) is 19.1 Å². The van der Waals surface area contributed by atoms with Gasteiger partial charge in [-0.15, -0.1) is 0 Å². The molecule has 2 aromatic carbocycles. The van der Waals surface area contributed by atoms with Crippen LogP contribution in [0, 0.1) is 0 Å². The molecule has 2 rings (SSSR count). The number of hydrogen-bond acceptors (Lipinski definition) is 2. The Labute approximate surface area is 133 Å². The van der Waals surface area contributed by atoms with Crippen LogP contribution in [0.1, 0.15) is 18.9 Å². The van der Waals surface area contributed by atoms with Crippen LogP contribution < -0.4 is 5.32 Å². The van der Waals surface area contributed by atoms with E-state index < -0.39 is 5.60 Å². The summed E-state index contributed by atoms with van der Waals surface area (Å²) in [5.41, 5.74) is 0.375. The van der Waals surface area contributed by atoms with Crippen molar-refractivity contribution < 1.29 is 9.90 Å². The molecule has 0 spiro atoms. The molecule has 2 N–H and O–H groups in total. The SMILES string of the molecule is C[C@](O)(CCc1ccc(Br)cc1)C(=O)Nc1ccccc1. The minimum absolute atomic E-state index is 0.368. The van der Waals surface area contributed by atoms with Gasteiger partial charge in [-0.1, -0.05) is 46.3 Å². The molecule has 0 saturated carbocycles. The summed E-state index contributed by atoms with van der Waals surface area (Å²) in [5, 5.41) is 13.1. The zero-order valence-corrected chi connectivity index (χ0v) is 13.4. The molecule has 0 unspecified atom stereocenters. The van der Waals surface area contributed by atoms with Gasteiger partial charge >= 0.3 is 0 Å². The minimum atomic E-state index is -1.40. The number of rotatable bonds is 5.